The van der Waals surface area contributed by atoms with E-state index >= 15 is 0 Å². The van der Waals surface area contributed by atoms with Gasteiger partial charge in [-0.2, -0.15) is 5.10 Å². The van der Waals surface area contributed by atoms with E-state index in [1.807, 2.05) is 19.9 Å². The van der Waals surface area contributed by atoms with E-state index in [9.17, 15) is 9.59 Å². The maximum atomic E-state index is 12.1. The van der Waals surface area contributed by atoms with E-state index in [0.29, 0.717) is 75.1 Å². The molecule has 12 heteroatoms. The summed E-state index contributed by atoms with van der Waals surface area (Å²) in [7, 11) is 5.00. The topological polar surface area (TPSA) is 98.7 Å². The van der Waals surface area contributed by atoms with E-state index in [-0.39, 0.29) is 31.0 Å². The lowest BCUT2D eigenvalue weighted by molar-refractivity contribution is -0.121. The highest BCUT2D eigenvalue weighted by Crippen LogP contribution is 2.28. The van der Waals surface area contributed by atoms with Crippen LogP contribution in [-0.4, -0.2) is 84.7 Å². The molecule has 194 valence electrons. The number of halogens is 2. The van der Waals surface area contributed by atoms with Crippen LogP contribution in [0.15, 0.2) is 23.3 Å². The van der Waals surface area contributed by atoms with Gasteiger partial charge in [-0.05, 0) is 18.2 Å². The molecule has 0 spiro atoms. The molecule has 0 saturated heterocycles. The zero-order valence-electron chi connectivity index (χ0n) is 20.4. The van der Waals surface area contributed by atoms with Crippen molar-refractivity contribution in [2.75, 3.05) is 64.4 Å². The predicted octanol–water partition coefficient (Wildman–Crippen LogP) is 3.20. The first-order chi connectivity index (χ1) is 17.0. The number of anilines is 1. The third-order valence-corrected chi connectivity index (χ3v) is 5.11. The molecule has 2 radical (unpaired) electrons. The predicted molar refractivity (Wildman–Crippen MR) is 139 cm³/mol. The lowest BCUT2D eigenvalue weighted by Gasteiger charge is -2.13. The van der Waals surface area contributed by atoms with E-state index in [1.54, 1.807) is 17.1 Å². The first kappa shape index (κ1) is 31.3. The maximum absolute atomic E-state index is 12.1. The molecule has 1 aromatic rings. The molecule has 0 fully saturated rings. The highest BCUT2D eigenvalue weighted by atomic mass is 35.5. The first-order valence-corrected chi connectivity index (χ1v) is 12.4. The van der Waals surface area contributed by atoms with Crippen molar-refractivity contribution >= 4 is 54.2 Å². The summed E-state index contributed by atoms with van der Waals surface area (Å²) in [5, 5.41) is 9.92. The Morgan fingerprint density at radius 2 is 1.46 bits per heavy atom. The molecule has 0 aromatic heterocycles. The number of hydrogen-bond acceptors (Lipinski definition) is 8. The Morgan fingerprint density at radius 3 is 2.00 bits per heavy atom. The summed E-state index contributed by atoms with van der Waals surface area (Å²) in [5.41, 5.74) is 0.430. The molecule has 0 saturated carbocycles. The van der Waals surface area contributed by atoms with Gasteiger partial charge in [0.1, 0.15) is 5.84 Å². The molecule has 35 heavy (non-hydrogen) atoms. The number of hydrogen-bond donors (Lipinski definition) is 1. The van der Waals surface area contributed by atoms with Crippen molar-refractivity contribution < 1.29 is 28.5 Å². The molecule has 9 nitrogen and oxygen atoms in total. The number of hydrazone groups is 1. The number of ether oxygens (including phenoxy) is 4. The first-order valence-electron chi connectivity index (χ1n) is 11.6. The standard InChI is InChI=1S/C21H28BCl2N3O6.C2H6/c22-19(28)4-7-30-9-11-32-13-14-33-12-10-31-8-5-21(29)25-20-3-6-27(26-20)16-1-2-17(23)18(24)15-16;1-2/h1-2,15H,3-14H2,(H,25,26,29);1-2H3. The average Bonchev–Trinajstić information content (AvgIpc) is 3.30. The van der Waals surface area contributed by atoms with Crippen molar-refractivity contribution in [1.29, 1.82) is 0 Å². The molecule has 1 heterocycles. The molecule has 1 aliphatic rings. The van der Waals surface area contributed by atoms with Crippen LogP contribution in [0.2, 0.25) is 10.0 Å². The Balaban J connectivity index is 0.00000298. The van der Waals surface area contributed by atoms with Gasteiger partial charge < -0.3 is 29.1 Å². The van der Waals surface area contributed by atoms with Crippen molar-refractivity contribution in [2.45, 2.75) is 33.1 Å². The lowest BCUT2D eigenvalue weighted by atomic mass is 10.0. The minimum atomic E-state index is -0.386. The van der Waals surface area contributed by atoms with Crippen LogP contribution in [0, 0.1) is 0 Å². The van der Waals surface area contributed by atoms with E-state index in [4.69, 9.17) is 50.0 Å². The van der Waals surface area contributed by atoms with E-state index in [1.165, 1.54) is 0 Å². The Bertz CT molecular complexity index is 801. The molecule has 1 aliphatic heterocycles. The van der Waals surface area contributed by atoms with Crippen molar-refractivity contribution in [3.63, 3.8) is 0 Å². The quantitative estimate of drug-likeness (QED) is 0.259. The Kier molecular flexibility index (Phi) is 17.5. The van der Waals surface area contributed by atoms with Crippen LogP contribution in [0.25, 0.3) is 0 Å². The summed E-state index contributed by atoms with van der Waals surface area (Å²) in [6.07, 6.45) is 1.06. The molecular weight excluding hydrogens is 496 g/mol. The Morgan fingerprint density at radius 1 is 0.914 bits per heavy atom. The Hall–Kier alpha value is -1.69. The third-order valence-electron chi connectivity index (χ3n) is 4.37. The van der Waals surface area contributed by atoms with Crippen LogP contribution in [0.3, 0.4) is 0 Å². The van der Waals surface area contributed by atoms with Crippen molar-refractivity contribution in [3.05, 3.63) is 28.2 Å². The van der Waals surface area contributed by atoms with Gasteiger partial charge >= 0.3 is 0 Å². The number of amides is 1. The molecule has 1 amide bonds. The normalized spacial score (nSPS) is 12.7. The average molecular weight is 530 g/mol. The van der Waals surface area contributed by atoms with Gasteiger partial charge in [0.2, 0.25) is 5.91 Å². The maximum Gasteiger partial charge on any atom is 0.227 e. The summed E-state index contributed by atoms with van der Waals surface area (Å²) in [6.45, 7) is 7.72. The van der Waals surface area contributed by atoms with Crippen molar-refractivity contribution in [2.24, 2.45) is 5.10 Å². The minimum absolute atomic E-state index is 0.155. The monoisotopic (exact) mass is 529 g/mol. The minimum Gasteiger partial charge on any atom is -0.379 e. The SMILES string of the molecule is CC.[B]C(=O)CCOCCOCCOCCOCCC(=O)NC1=NN(c2ccc(Cl)c(Cl)c2)CC1. The van der Waals surface area contributed by atoms with E-state index < -0.39 is 0 Å². The lowest BCUT2D eigenvalue weighted by Crippen LogP contribution is -2.30. The highest BCUT2D eigenvalue weighted by Gasteiger charge is 2.18. The van der Waals surface area contributed by atoms with Crippen LogP contribution >= 0.6 is 23.2 Å². The third kappa shape index (κ3) is 14.5. The Labute approximate surface area is 218 Å². The summed E-state index contributed by atoms with van der Waals surface area (Å²) >= 11 is 12.0. The van der Waals surface area contributed by atoms with Gasteiger partial charge in [0.05, 0.1) is 80.7 Å². The molecule has 0 atom stereocenters. The second kappa shape index (κ2) is 19.5. The van der Waals surface area contributed by atoms with Crippen LogP contribution in [0.1, 0.15) is 33.1 Å². The smallest absolute Gasteiger partial charge is 0.227 e. The molecule has 1 N–H and O–H groups in total. The second-order valence-corrected chi connectivity index (χ2v) is 7.80. The fraction of sp³-hybridized carbons (Fsp3) is 0.609. The summed E-state index contributed by atoms with van der Waals surface area (Å²) in [4.78, 5) is 22.6. The summed E-state index contributed by atoms with van der Waals surface area (Å²) < 4.78 is 21.3. The number of amidine groups is 1. The molecule has 0 unspecified atom stereocenters. The van der Waals surface area contributed by atoms with Gasteiger partial charge in [-0.15, -0.1) is 0 Å². The van der Waals surface area contributed by atoms with Crippen LogP contribution in [-0.2, 0) is 28.5 Å². The largest absolute Gasteiger partial charge is 0.379 e. The van der Waals surface area contributed by atoms with Gasteiger partial charge in [-0.3, -0.25) is 9.80 Å². The number of nitrogens with zero attached hydrogens (tertiary/aromatic N) is 2. The zero-order chi connectivity index (χ0) is 25.9. The summed E-state index contributed by atoms with van der Waals surface area (Å²) in [6, 6.07) is 5.28. The number of carbonyl (C=O) groups excluding carboxylic acids is 2. The number of benzene rings is 1. The van der Waals surface area contributed by atoms with Gasteiger partial charge in [0.25, 0.3) is 0 Å². The molecule has 1 aromatic carbocycles. The number of rotatable bonds is 16. The van der Waals surface area contributed by atoms with Crippen molar-refractivity contribution in [3.8, 4) is 0 Å². The van der Waals surface area contributed by atoms with Crippen LogP contribution in [0.5, 0.6) is 0 Å². The summed E-state index contributed by atoms with van der Waals surface area (Å²) in [5.74, 6) is 0.449. The van der Waals surface area contributed by atoms with Gasteiger partial charge in [0.15, 0.2) is 7.85 Å². The fourth-order valence-electron chi connectivity index (χ4n) is 2.70. The van der Waals surface area contributed by atoms with Gasteiger partial charge in [-0.1, -0.05) is 37.0 Å². The number of carbonyl (C=O) groups is 2. The van der Waals surface area contributed by atoms with Crippen LogP contribution < -0.4 is 10.3 Å². The van der Waals surface area contributed by atoms with E-state index in [0.717, 1.165) is 5.69 Å². The fourth-order valence-corrected chi connectivity index (χ4v) is 2.99. The molecule has 0 aliphatic carbocycles. The zero-order valence-corrected chi connectivity index (χ0v) is 21.9. The number of nitrogens with one attached hydrogen (secondary N) is 1. The van der Waals surface area contributed by atoms with Gasteiger partial charge in [0, 0.05) is 19.4 Å². The second-order valence-electron chi connectivity index (χ2n) is 6.98. The highest BCUT2D eigenvalue weighted by molar-refractivity contribution is 6.57. The van der Waals surface area contributed by atoms with E-state index in [2.05, 4.69) is 10.4 Å². The molecule has 0 bridgehead atoms. The molecular formula is C23H34BCl2N3O6. The van der Waals surface area contributed by atoms with Crippen LogP contribution in [0.4, 0.5) is 5.69 Å². The van der Waals surface area contributed by atoms with Gasteiger partial charge in [-0.25, -0.2) is 0 Å². The van der Waals surface area contributed by atoms with Crippen molar-refractivity contribution in [1.82, 2.24) is 5.32 Å². The molecule has 2 rings (SSSR count).